The van der Waals surface area contributed by atoms with E-state index in [0.29, 0.717) is 0 Å². The highest BCUT2D eigenvalue weighted by Gasteiger charge is 2.60. The zero-order valence-corrected chi connectivity index (χ0v) is 26.1. The Morgan fingerprint density at radius 1 is 0.615 bits per heavy atom. The van der Waals surface area contributed by atoms with Gasteiger partial charge in [-0.05, 0) is 71.8 Å². The van der Waals surface area contributed by atoms with E-state index in [0.717, 1.165) is 68.8 Å². The number of alkyl halides is 12. The third-order valence-corrected chi connectivity index (χ3v) is 6.21. The summed E-state index contributed by atoms with van der Waals surface area (Å²) in [6.45, 7) is 0. The quantitative estimate of drug-likeness (QED) is 0.0761. The van der Waals surface area contributed by atoms with E-state index in [1.54, 1.807) is 0 Å². The van der Waals surface area contributed by atoms with E-state index in [9.17, 15) is 62.3 Å². The van der Waals surface area contributed by atoms with Gasteiger partial charge in [0, 0.05) is 17.8 Å². The molecule has 52 heavy (non-hydrogen) atoms. The zero-order valence-electron chi connectivity index (χ0n) is 26.1. The molecule has 1 N–H and O–H groups in total. The SMILES string of the molecule is COc1cc(/C=C/C(=O)Oc2ccc(NC(=O)/C=C/c3ccc(OC(F)(F)[C@@H](F)C(F)(F)F)c(OC)c3)cc2)ccc1OC(F)(F)[C@H](F)C(F)(F)F. The summed E-state index contributed by atoms with van der Waals surface area (Å²) in [4.78, 5) is 24.6. The fourth-order valence-corrected chi connectivity index (χ4v) is 3.80. The molecule has 8 nitrogen and oxygen atoms in total. The Balaban J connectivity index is 1.58. The largest absolute Gasteiger partial charge is 0.493 e. The van der Waals surface area contributed by atoms with Crippen LogP contribution in [-0.2, 0) is 9.59 Å². The summed E-state index contributed by atoms with van der Waals surface area (Å²) >= 11 is 0. The molecule has 0 aliphatic rings. The average Bonchev–Trinajstić information content (AvgIpc) is 3.06. The van der Waals surface area contributed by atoms with Crippen molar-refractivity contribution in [2.24, 2.45) is 0 Å². The van der Waals surface area contributed by atoms with E-state index < -0.39 is 71.8 Å². The number of hydrogen-bond acceptors (Lipinski definition) is 7. The van der Waals surface area contributed by atoms with Crippen LogP contribution in [0, 0.1) is 0 Å². The molecule has 0 saturated heterocycles. The number of esters is 1. The summed E-state index contributed by atoms with van der Waals surface area (Å²) in [6, 6.07) is 10.9. The summed E-state index contributed by atoms with van der Waals surface area (Å²) in [5.41, 5.74) is 0.461. The normalized spacial score (nSPS) is 13.8. The third-order valence-electron chi connectivity index (χ3n) is 6.21. The number of carbonyl (C=O) groups is 2. The van der Waals surface area contributed by atoms with Crippen molar-refractivity contribution in [1.82, 2.24) is 0 Å². The first-order valence-corrected chi connectivity index (χ1v) is 14.0. The molecule has 1 amide bonds. The minimum absolute atomic E-state index is 0.00788. The van der Waals surface area contributed by atoms with Crippen LogP contribution in [0.4, 0.5) is 58.4 Å². The fourth-order valence-electron chi connectivity index (χ4n) is 3.80. The van der Waals surface area contributed by atoms with Gasteiger partial charge in [-0.15, -0.1) is 0 Å². The van der Waals surface area contributed by atoms with Gasteiger partial charge in [-0.25, -0.2) is 13.6 Å². The van der Waals surface area contributed by atoms with Gasteiger partial charge < -0.3 is 29.0 Å². The topological polar surface area (TPSA) is 92.3 Å². The number of amides is 1. The number of benzene rings is 3. The molecule has 0 heterocycles. The van der Waals surface area contributed by atoms with Crippen molar-refractivity contribution in [3.05, 3.63) is 83.9 Å². The molecule has 0 aliphatic heterocycles. The molecule has 0 bridgehead atoms. The lowest BCUT2D eigenvalue weighted by Crippen LogP contribution is -2.45. The van der Waals surface area contributed by atoms with Crippen LogP contribution in [0.3, 0.4) is 0 Å². The van der Waals surface area contributed by atoms with Crippen molar-refractivity contribution in [3.63, 3.8) is 0 Å². The molecule has 0 fully saturated rings. The van der Waals surface area contributed by atoms with Gasteiger partial charge in [0.2, 0.25) is 5.91 Å². The molecule has 2 atom stereocenters. The summed E-state index contributed by atoms with van der Waals surface area (Å²) in [5, 5.41) is 2.45. The highest BCUT2D eigenvalue weighted by Crippen LogP contribution is 2.41. The minimum atomic E-state index is -5.90. The molecule has 0 aromatic heterocycles. The molecule has 0 saturated carbocycles. The maximum absolute atomic E-state index is 13.7. The van der Waals surface area contributed by atoms with Gasteiger partial charge in [0.1, 0.15) is 5.75 Å². The number of carbonyl (C=O) groups excluding carboxylic acids is 2. The van der Waals surface area contributed by atoms with Crippen LogP contribution in [0.15, 0.2) is 72.8 Å². The molecule has 3 aromatic carbocycles. The summed E-state index contributed by atoms with van der Waals surface area (Å²) < 4.78 is 178. The maximum Gasteiger partial charge on any atom is 0.439 e. The Bertz CT molecular complexity index is 1650. The van der Waals surface area contributed by atoms with E-state index in [-0.39, 0.29) is 22.6 Å². The van der Waals surface area contributed by atoms with E-state index in [4.69, 9.17) is 14.2 Å². The summed E-state index contributed by atoms with van der Waals surface area (Å²) in [5.74, 6) is -4.50. The zero-order chi connectivity index (χ0) is 39.1. The Morgan fingerprint density at radius 3 is 1.44 bits per heavy atom. The number of nitrogens with one attached hydrogen (secondary N) is 1. The van der Waals surface area contributed by atoms with Crippen molar-refractivity contribution >= 4 is 29.7 Å². The lowest BCUT2D eigenvalue weighted by Gasteiger charge is -2.24. The van der Waals surface area contributed by atoms with Crippen LogP contribution in [-0.4, -0.2) is 63.0 Å². The second-order valence-corrected chi connectivity index (χ2v) is 10.1. The Labute approximate surface area is 285 Å². The molecule has 20 heteroatoms. The van der Waals surface area contributed by atoms with Gasteiger partial charge >= 0.3 is 30.5 Å². The van der Waals surface area contributed by atoms with Crippen molar-refractivity contribution in [3.8, 4) is 28.7 Å². The maximum atomic E-state index is 13.7. The van der Waals surface area contributed by atoms with Gasteiger partial charge in [-0.2, -0.15) is 43.9 Å². The van der Waals surface area contributed by atoms with E-state index in [1.807, 2.05) is 0 Å². The number of halogens is 12. The highest BCUT2D eigenvalue weighted by atomic mass is 19.4. The summed E-state index contributed by atoms with van der Waals surface area (Å²) in [7, 11) is 1.96. The van der Waals surface area contributed by atoms with Crippen LogP contribution in [0.2, 0.25) is 0 Å². The second kappa shape index (κ2) is 16.2. The van der Waals surface area contributed by atoms with Gasteiger partial charge in [-0.1, -0.05) is 12.1 Å². The van der Waals surface area contributed by atoms with Crippen molar-refractivity contribution in [2.75, 3.05) is 19.5 Å². The first-order valence-electron chi connectivity index (χ1n) is 14.0. The number of anilines is 1. The highest BCUT2D eigenvalue weighted by molar-refractivity contribution is 6.02. The van der Waals surface area contributed by atoms with Crippen LogP contribution >= 0.6 is 0 Å². The molecular formula is C32H23F12NO7. The van der Waals surface area contributed by atoms with Gasteiger partial charge in [0.15, 0.2) is 23.0 Å². The standard InChI is InChI=1S/C32H23F12NO7/c1-48-23-15-17(3-11-21(23)51-31(41,42)27(33)29(35,36)37)5-13-25(46)45-19-7-9-20(10-8-19)50-26(47)14-6-18-4-12-22(24(16-18)49-2)52-32(43,44)28(34)30(38,39)40/h3-16,27-28H,1-2H3,(H,45,46)/b13-5+,14-6+/t27-,28+/m0/s1. The first-order chi connectivity index (χ1) is 24.1. The predicted molar refractivity (Wildman–Crippen MR) is 158 cm³/mol. The molecule has 0 radical (unpaired) electrons. The fraction of sp³-hybridized carbons (Fsp3) is 0.250. The van der Waals surface area contributed by atoms with Gasteiger partial charge in [-0.3, -0.25) is 4.79 Å². The molecule has 282 valence electrons. The van der Waals surface area contributed by atoms with Crippen LogP contribution in [0.25, 0.3) is 12.2 Å². The Kier molecular flexibility index (Phi) is 12.7. The Morgan fingerprint density at radius 2 is 1.04 bits per heavy atom. The molecule has 3 rings (SSSR count). The molecular weight excluding hydrogens is 738 g/mol. The van der Waals surface area contributed by atoms with Crippen LogP contribution in [0.1, 0.15) is 11.1 Å². The van der Waals surface area contributed by atoms with Gasteiger partial charge in [0.25, 0.3) is 12.3 Å². The Hall–Kier alpha value is -5.56. The van der Waals surface area contributed by atoms with Crippen molar-refractivity contribution in [1.29, 1.82) is 0 Å². The smallest absolute Gasteiger partial charge is 0.439 e. The van der Waals surface area contributed by atoms with Gasteiger partial charge in [0.05, 0.1) is 14.2 Å². The monoisotopic (exact) mass is 761 g/mol. The summed E-state index contributed by atoms with van der Waals surface area (Å²) in [6.07, 6.45) is -27.4. The van der Waals surface area contributed by atoms with E-state index in [2.05, 4.69) is 14.8 Å². The van der Waals surface area contributed by atoms with E-state index >= 15 is 0 Å². The average molecular weight is 762 g/mol. The van der Waals surface area contributed by atoms with Crippen molar-refractivity contribution < 1.29 is 86.0 Å². The lowest BCUT2D eigenvalue weighted by atomic mass is 10.2. The second-order valence-electron chi connectivity index (χ2n) is 10.1. The predicted octanol–water partition coefficient (Wildman–Crippen LogP) is 8.72. The number of ether oxygens (including phenoxy) is 5. The number of hydrogen-bond donors (Lipinski definition) is 1. The molecule has 0 aliphatic carbocycles. The van der Waals surface area contributed by atoms with Crippen LogP contribution < -0.4 is 29.0 Å². The lowest BCUT2D eigenvalue weighted by molar-refractivity contribution is -0.306. The molecule has 0 unspecified atom stereocenters. The van der Waals surface area contributed by atoms with Crippen molar-refractivity contribution in [2.45, 2.75) is 36.9 Å². The minimum Gasteiger partial charge on any atom is -0.493 e. The van der Waals surface area contributed by atoms with E-state index in [1.165, 1.54) is 30.3 Å². The number of rotatable bonds is 14. The molecule has 0 spiro atoms. The first kappa shape index (κ1) is 40.9. The third kappa shape index (κ3) is 11.2. The molecule has 3 aromatic rings. The van der Waals surface area contributed by atoms with Crippen LogP contribution in [0.5, 0.6) is 28.7 Å². The number of methoxy groups -OCH3 is 2.